The lowest BCUT2D eigenvalue weighted by molar-refractivity contribution is 0.233. The SMILES string of the molecule is CN(CCOc1ccc(C#N)cc1)Cc1ccncc1. The van der Waals surface area contributed by atoms with Crippen LogP contribution in [-0.4, -0.2) is 30.1 Å². The lowest BCUT2D eigenvalue weighted by Crippen LogP contribution is -2.23. The molecule has 0 atom stereocenters. The van der Waals surface area contributed by atoms with Gasteiger partial charge in [0.25, 0.3) is 0 Å². The van der Waals surface area contributed by atoms with Crippen LogP contribution in [0.3, 0.4) is 0 Å². The number of nitriles is 1. The van der Waals surface area contributed by atoms with Gasteiger partial charge in [-0.15, -0.1) is 0 Å². The number of hydrogen-bond acceptors (Lipinski definition) is 4. The molecular formula is C16H17N3O. The van der Waals surface area contributed by atoms with E-state index >= 15 is 0 Å². The summed E-state index contributed by atoms with van der Waals surface area (Å²) in [5.74, 6) is 0.793. The average Bonchev–Trinajstić information content (AvgIpc) is 2.49. The maximum atomic E-state index is 8.72. The van der Waals surface area contributed by atoms with Crippen molar-refractivity contribution in [2.75, 3.05) is 20.2 Å². The maximum absolute atomic E-state index is 8.72. The molecule has 0 saturated carbocycles. The molecule has 0 amide bonds. The van der Waals surface area contributed by atoms with Gasteiger partial charge in [0.1, 0.15) is 12.4 Å². The first-order valence-corrected chi connectivity index (χ1v) is 6.48. The molecule has 4 heteroatoms. The monoisotopic (exact) mass is 267 g/mol. The molecule has 102 valence electrons. The molecule has 1 aromatic heterocycles. The van der Waals surface area contributed by atoms with Gasteiger partial charge in [-0.1, -0.05) is 0 Å². The molecule has 0 saturated heterocycles. The molecule has 1 aromatic carbocycles. The van der Waals surface area contributed by atoms with Crippen molar-refractivity contribution in [3.63, 3.8) is 0 Å². The van der Waals surface area contributed by atoms with Crippen molar-refractivity contribution in [1.82, 2.24) is 9.88 Å². The van der Waals surface area contributed by atoms with Crippen LogP contribution in [-0.2, 0) is 6.54 Å². The number of pyridine rings is 1. The van der Waals surface area contributed by atoms with Crippen LogP contribution in [0.1, 0.15) is 11.1 Å². The summed E-state index contributed by atoms with van der Waals surface area (Å²) in [7, 11) is 2.06. The normalized spacial score (nSPS) is 10.2. The second-order valence-electron chi connectivity index (χ2n) is 4.58. The number of benzene rings is 1. The van der Waals surface area contributed by atoms with Crippen molar-refractivity contribution < 1.29 is 4.74 Å². The fourth-order valence-electron chi connectivity index (χ4n) is 1.82. The molecule has 0 aliphatic rings. The minimum absolute atomic E-state index is 0.619. The lowest BCUT2D eigenvalue weighted by atomic mass is 10.2. The van der Waals surface area contributed by atoms with Gasteiger partial charge in [0, 0.05) is 25.5 Å². The highest BCUT2D eigenvalue weighted by molar-refractivity contribution is 5.34. The van der Waals surface area contributed by atoms with Crippen LogP contribution in [0.2, 0.25) is 0 Å². The summed E-state index contributed by atoms with van der Waals surface area (Å²) in [4.78, 5) is 6.20. The van der Waals surface area contributed by atoms with Gasteiger partial charge in [0.05, 0.1) is 11.6 Å². The van der Waals surface area contributed by atoms with E-state index in [0.29, 0.717) is 12.2 Å². The van der Waals surface area contributed by atoms with E-state index in [1.807, 2.05) is 24.3 Å². The molecule has 0 fully saturated rings. The fourth-order valence-corrected chi connectivity index (χ4v) is 1.82. The molecule has 4 nitrogen and oxygen atoms in total. The van der Waals surface area contributed by atoms with Gasteiger partial charge < -0.3 is 4.74 Å². The van der Waals surface area contributed by atoms with Crippen LogP contribution in [0.15, 0.2) is 48.8 Å². The minimum atomic E-state index is 0.619. The van der Waals surface area contributed by atoms with Crippen molar-refractivity contribution in [3.05, 3.63) is 59.9 Å². The number of aromatic nitrogens is 1. The van der Waals surface area contributed by atoms with E-state index in [1.165, 1.54) is 5.56 Å². The summed E-state index contributed by atoms with van der Waals surface area (Å²) >= 11 is 0. The molecule has 0 bridgehead atoms. The Morgan fingerprint density at radius 2 is 1.85 bits per heavy atom. The Bertz CT molecular complexity index is 561. The smallest absolute Gasteiger partial charge is 0.119 e. The molecule has 1 heterocycles. The molecule has 0 aliphatic carbocycles. The first-order chi connectivity index (χ1) is 9.78. The Balaban J connectivity index is 1.73. The molecule has 0 radical (unpaired) electrons. The number of likely N-dealkylation sites (N-methyl/N-ethyl adjacent to an activating group) is 1. The summed E-state index contributed by atoms with van der Waals surface area (Å²) in [6, 6.07) is 13.3. The molecule has 0 unspecified atom stereocenters. The molecule has 0 spiro atoms. The molecule has 0 N–H and O–H groups in total. The molecular weight excluding hydrogens is 250 g/mol. The van der Waals surface area contributed by atoms with Crippen molar-refractivity contribution >= 4 is 0 Å². The van der Waals surface area contributed by atoms with Gasteiger partial charge in [-0.3, -0.25) is 9.88 Å². The second kappa shape index (κ2) is 7.27. The minimum Gasteiger partial charge on any atom is -0.492 e. The Morgan fingerprint density at radius 1 is 1.15 bits per heavy atom. The van der Waals surface area contributed by atoms with E-state index in [0.717, 1.165) is 18.8 Å². The predicted molar refractivity (Wildman–Crippen MR) is 77.2 cm³/mol. The first kappa shape index (κ1) is 14.0. The lowest BCUT2D eigenvalue weighted by Gasteiger charge is -2.16. The summed E-state index contributed by atoms with van der Waals surface area (Å²) in [6.45, 7) is 2.33. The average molecular weight is 267 g/mol. The van der Waals surface area contributed by atoms with E-state index in [-0.39, 0.29) is 0 Å². The zero-order valence-electron chi connectivity index (χ0n) is 11.5. The van der Waals surface area contributed by atoms with Crippen LogP contribution < -0.4 is 4.74 Å². The van der Waals surface area contributed by atoms with Gasteiger partial charge in [-0.05, 0) is 49.0 Å². The standard InChI is InChI=1S/C16H17N3O/c1-19(13-15-6-8-18-9-7-15)10-11-20-16-4-2-14(12-17)3-5-16/h2-9H,10-11,13H2,1H3. The van der Waals surface area contributed by atoms with Gasteiger partial charge in [-0.25, -0.2) is 0 Å². The third kappa shape index (κ3) is 4.38. The Hall–Kier alpha value is -2.38. The van der Waals surface area contributed by atoms with Crippen LogP contribution in [0, 0.1) is 11.3 Å². The number of rotatable bonds is 6. The van der Waals surface area contributed by atoms with E-state index in [4.69, 9.17) is 10.00 Å². The quantitative estimate of drug-likeness (QED) is 0.806. The number of nitrogens with zero attached hydrogens (tertiary/aromatic N) is 3. The van der Waals surface area contributed by atoms with E-state index in [1.54, 1.807) is 24.5 Å². The fraction of sp³-hybridized carbons (Fsp3) is 0.250. The van der Waals surface area contributed by atoms with E-state index in [9.17, 15) is 0 Å². The van der Waals surface area contributed by atoms with Crippen LogP contribution in [0.25, 0.3) is 0 Å². The molecule has 2 rings (SSSR count). The van der Waals surface area contributed by atoms with Gasteiger partial charge in [0.2, 0.25) is 0 Å². The van der Waals surface area contributed by atoms with Gasteiger partial charge >= 0.3 is 0 Å². The second-order valence-corrected chi connectivity index (χ2v) is 4.58. The summed E-state index contributed by atoms with van der Waals surface area (Å²) in [5.41, 5.74) is 1.88. The maximum Gasteiger partial charge on any atom is 0.119 e. The van der Waals surface area contributed by atoms with Gasteiger partial charge in [0.15, 0.2) is 0 Å². The molecule has 0 aliphatic heterocycles. The Morgan fingerprint density at radius 3 is 2.50 bits per heavy atom. The summed E-state index contributed by atoms with van der Waals surface area (Å²) in [5, 5.41) is 8.72. The Labute approximate surface area is 119 Å². The predicted octanol–water partition coefficient (Wildman–Crippen LogP) is 2.46. The van der Waals surface area contributed by atoms with Crippen molar-refractivity contribution in [3.8, 4) is 11.8 Å². The highest BCUT2D eigenvalue weighted by atomic mass is 16.5. The highest BCUT2D eigenvalue weighted by Gasteiger charge is 2.01. The van der Waals surface area contributed by atoms with Crippen molar-refractivity contribution in [2.24, 2.45) is 0 Å². The third-order valence-corrected chi connectivity index (χ3v) is 2.93. The zero-order valence-corrected chi connectivity index (χ0v) is 11.5. The summed E-state index contributed by atoms with van der Waals surface area (Å²) in [6.07, 6.45) is 3.60. The molecule has 20 heavy (non-hydrogen) atoms. The van der Waals surface area contributed by atoms with E-state index in [2.05, 4.69) is 23.0 Å². The summed E-state index contributed by atoms with van der Waals surface area (Å²) < 4.78 is 5.65. The van der Waals surface area contributed by atoms with Crippen LogP contribution in [0.5, 0.6) is 5.75 Å². The first-order valence-electron chi connectivity index (χ1n) is 6.48. The largest absolute Gasteiger partial charge is 0.492 e. The topological polar surface area (TPSA) is 49.1 Å². The van der Waals surface area contributed by atoms with Crippen LogP contribution >= 0.6 is 0 Å². The number of hydrogen-bond donors (Lipinski definition) is 0. The molecule has 2 aromatic rings. The van der Waals surface area contributed by atoms with E-state index < -0.39 is 0 Å². The van der Waals surface area contributed by atoms with Gasteiger partial charge in [-0.2, -0.15) is 5.26 Å². The van der Waals surface area contributed by atoms with Crippen LogP contribution in [0.4, 0.5) is 0 Å². The number of ether oxygens (including phenoxy) is 1. The third-order valence-electron chi connectivity index (χ3n) is 2.93. The Kier molecular flexibility index (Phi) is 5.10. The van der Waals surface area contributed by atoms with Crippen molar-refractivity contribution in [1.29, 1.82) is 5.26 Å². The zero-order chi connectivity index (χ0) is 14.2. The van der Waals surface area contributed by atoms with Crippen molar-refractivity contribution in [2.45, 2.75) is 6.54 Å². The highest BCUT2D eigenvalue weighted by Crippen LogP contribution is 2.11.